The van der Waals surface area contributed by atoms with Crippen LogP contribution in [-0.4, -0.2) is 9.13 Å². The number of fused-ring (bicyclic) bond motifs is 8. The zero-order chi connectivity index (χ0) is 39.6. The Morgan fingerprint density at radius 1 is 0.367 bits per heavy atom. The lowest BCUT2D eigenvalue weighted by atomic mass is 10.0. The SMILES string of the molecule is c1ccc(C2Cc3ccc4c5ccccc5n(-c5ccc(N(c6ccccc6)c6ccc7c(c6)c6ccccc6n7-c6ccccc6)cc5)c4c3N2c2ccccc2)cc1. The maximum absolute atomic E-state index is 2.58. The van der Waals surface area contributed by atoms with Crippen molar-refractivity contribution in [3.8, 4) is 11.4 Å². The largest absolute Gasteiger partial charge is 0.332 e. The molecule has 0 radical (unpaired) electrons. The van der Waals surface area contributed by atoms with Crippen molar-refractivity contribution in [1.29, 1.82) is 0 Å². The molecule has 9 aromatic carbocycles. The van der Waals surface area contributed by atoms with E-state index in [1.54, 1.807) is 0 Å². The lowest BCUT2D eigenvalue weighted by Crippen LogP contribution is -2.20. The fraction of sp³-hybridized carbons (Fsp3) is 0.0357. The summed E-state index contributed by atoms with van der Waals surface area (Å²) >= 11 is 0. The Bertz CT molecular complexity index is 3330. The van der Waals surface area contributed by atoms with Gasteiger partial charge in [0.2, 0.25) is 0 Å². The highest BCUT2D eigenvalue weighted by molar-refractivity contribution is 6.15. The Morgan fingerprint density at radius 3 is 1.58 bits per heavy atom. The molecule has 0 saturated heterocycles. The number of hydrogen-bond donors (Lipinski definition) is 0. The minimum absolute atomic E-state index is 0.182. The van der Waals surface area contributed by atoms with Gasteiger partial charge in [0.25, 0.3) is 0 Å². The number of nitrogens with zero attached hydrogens (tertiary/aromatic N) is 4. The van der Waals surface area contributed by atoms with Gasteiger partial charge in [-0.25, -0.2) is 0 Å². The smallest absolute Gasteiger partial charge is 0.0781 e. The Kier molecular flexibility index (Phi) is 7.95. The van der Waals surface area contributed by atoms with Crippen LogP contribution in [0.4, 0.5) is 28.4 Å². The molecule has 12 rings (SSSR count). The van der Waals surface area contributed by atoms with Gasteiger partial charge in [-0.05, 0) is 109 Å². The van der Waals surface area contributed by atoms with Crippen LogP contribution in [0.15, 0.2) is 224 Å². The standard InChI is InChI=1S/C56H40N4/c1-5-17-39(18-6-1)54-37-40-29-35-49-47-25-13-16-28-52(47)59(56(49)55(40)60(54)43-23-11-4-12-24-43)45-32-30-44(31-33-45)57(41-19-7-2-8-20-41)46-34-36-53-50(38-46)48-26-14-15-27-51(48)58(53)42-21-9-3-10-22-42/h1-36,38,54H,37H2. The van der Waals surface area contributed by atoms with Gasteiger partial charge in [0.1, 0.15) is 0 Å². The lowest BCUT2D eigenvalue weighted by Gasteiger charge is -2.29. The van der Waals surface area contributed by atoms with Crippen LogP contribution in [0.3, 0.4) is 0 Å². The van der Waals surface area contributed by atoms with Crippen molar-refractivity contribution in [1.82, 2.24) is 9.13 Å². The molecule has 0 aliphatic carbocycles. The first kappa shape index (κ1) is 34.2. The number of para-hydroxylation sites is 5. The molecule has 11 aromatic rings. The fourth-order valence-electron chi connectivity index (χ4n) is 9.81. The van der Waals surface area contributed by atoms with Crippen LogP contribution in [0.1, 0.15) is 17.2 Å². The van der Waals surface area contributed by atoms with Crippen LogP contribution in [-0.2, 0) is 6.42 Å². The minimum Gasteiger partial charge on any atom is -0.332 e. The first-order chi connectivity index (χ1) is 29.8. The van der Waals surface area contributed by atoms with Gasteiger partial charge in [-0.3, -0.25) is 0 Å². The van der Waals surface area contributed by atoms with Crippen molar-refractivity contribution in [2.75, 3.05) is 9.80 Å². The molecule has 60 heavy (non-hydrogen) atoms. The topological polar surface area (TPSA) is 16.3 Å². The molecule has 4 nitrogen and oxygen atoms in total. The van der Waals surface area contributed by atoms with Crippen molar-refractivity contribution in [3.05, 3.63) is 236 Å². The predicted octanol–water partition coefficient (Wildman–Crippen LogP) is 14.8. The Balaban J connectivity index is 1.03. The highest BCUT2D eigenvalue weighted by atomic mass is 15.2. The second kappa shape index (κ2) is 13.9. The Labute approximate surface area is 349 Å². The molecule has 284 valence electrons. The fourth-order valence-corrected chi connectivity index (χ4v) is 9.81. The number of rotatable bonds is 7. The van der Waals surface area contributed by atoms with Gasteiger partial charge < -0.3 is 18.9 Å². The van der Waals surface area contributed by atoms with Crippen LogP contribution >= 0.6 is 0 Å². The number of anilines is 5. The van der Waals surface area contributed by atoms with Gasteiger partial charge in [0.15, 0.2) is 0 Å². The quantitative estimate of drug-likeness (QED) is 0.161. The molecule has 0 amide bonds. The van der Waals surface area contributed by atoms with E-state index in [9.17, 15) is 0 Å². The van der Waals surface area contributed by atoms with Crippen LogP contribution in [0.25, 0.3) is 55.0 Å². The van der Waals surface area contributed by atoms with Gasteiger partial charge in [-0.2, -0.15) is 0 Å². The molecule has 2 aromatic heterocycles. The molecule has 4 heteroatoms. The third-order valence-corrected chi connectivity index (χ3v) is 12.4. The van der Waals surface area contributed by atoms with Gasteiger partial charge >= 0.3 is 0 Å². The third kappa shape index (κ3) is 5.38. The van der Waals surface area contributed by atoms with Crippen molar-refractivity contribution in [2.24, 2.45) is 0 Å². The van der Waals surface area contributed by atoms with Gasteiger partial charge in [-0.1, -0.05) is 133 Å². The molecule has 1 aliphatic rings. The highest BCUT2D eigenvalue weighted by Gasteiger charge is 2.35. The summed E-state index contributed by atoms with van der Waals surface area (Å²) in [6, 6.07) is 81.8. The number of hydrogen-bond acceptors (Lipinski definition) is 2. The summed E-state index contributed by atoms with van der Waals surface area (Å²) in [7, 11) is 0. The normalized spacial score (nSPS) is 13.7. The number of benzene rings is 9. The summed E-state index contributed by atoms with van der Waals surface area (Å²) in [4.78, 5) is 4.96. The summed E-state index contributed by atoms with van der Waals surface area (Å²) in [5, 5.41) is 4.97. The molecule has 0 saturated carbocycles. The van der Waals surface area contributed by atoms with E-state index in [1.807, 2.05) is 0 Å². The first-order valence-electron chi connectivity index (χ1n) is 20.8. The van der Waals surface area contributed by atoms with Gasteiger partial charge in [0.05, 0.1) is 33.8 Å². The van der Waals surface area contributed by atoms with Crippen molar-refractivity contribution in [2.45, 2.75) is 12.5 Å². The third-order valence-electron chi connectivity index (χ3n) is 12.4. The summed E-state index contributed by atoms with van der Waals surface area (Å²) in [6.45, 7) is 0. The van der Waals surface area contributed by atoms with Crippen LogP contribution in [0, 0.1) is 0 Å². The molecular weight excluding hydrogens is 729 g/mol. The van der Waals surface area contributed by atoms with Crippen molar-refractivity contribution >= 4 is 72.0 Å². The molecule has 0 fully saturated rings. The molecule has 0 N–H and O–H groups in total. The van der Waals surface area contributed by atoms with Crippen LogP contribution in [0.2, 0.25) is 0 Å². The van der Waals surface area contributed by atoms with E-state index < -0.39 is 0 Å². The van der Waals surface area contributed by atoms with E-state index >= 15 is 0 Å². The average Bonchev–Trinajstić information content (AvgIpc) is 3.99. The predicted molar refractivity (Wildman–Crippen MR) is 251 cm³/mol. The summed E-state index contributed by atoms with van der Waals surface area (Å²) in [5.74, 6) is 0. The maximum atomic E-state index is 2.58. The highest BCUT2D eigenvalue weighted by Crippen LogP contribution is 2.51. The zero-order valence-corrected chi connectivity index (χ0v) is 32.9. The average molecular weight is 769 g/mol. The van der Waals surface area contributed by atoms with Crippen LogP contribution in [0.5, 0.6) is 0 Å². The monoisotopic (exact) mass is 768 g/mol. The molecule has 1 aliphatic heterocycles. The molecule has 0 spiro atoms. The van der Waals surface area contributed by atoms with E-state index in [1.165, 1.54) is 66.1 Å². The molecule has 1 unspecified atom stereocenters. The molecule has 1 atom stereocenters. The molecular formula is C56H40N4. The summed E-state index contributed by atoms with van der Waals surface area (Å²) in [6.07, 6.45) is 0.936. The van der Waals surface area contributed by atoms with E-state index in [2.05, 4.69) is 243 Å². The number of aromatic nitrogens is 2. The molecule has 3 heterocycles. The second-order valence-corrected chi connectivity index (χ2v) is 15.7. The van der Waals surface area contributed by atoms with Crippen LogP contribution < -0.4 is 9.80 Å². The zero-order valence-electron chi connectivity index (χ0n) is 32.9. The van der Waals surface area contributed by atoms with Gasteiger partial charge in [-0.15, -0.1) is 0 Å². The summed E-state index contributed by atoms with van der Waals surface area (Å²) < 4.78 is 4.87. The van der Waals surface area contributed by atoms with E-state index in [0.29, 0.717) is 0 Å². The minimum atomic E-state index is 0.182. The maximum Gasteiger partial charge on any atom is 0.0781 e. The molecule has 0 bridgehead atoms. The lowest BCUT2D eigenvalue weighted by molar-refractivity contribution is 0.743. The Morgan fingerprint density at radius 2 is 0.883 bits per heavy atom. The van der Waals surface area contributed by atoms with Crippen molar-refractivity contribution in [3.63, 3.8) is 0 Å². The van der Waals surface area contributed by atoms with E-state index in [-0.39, 0.29) is 6.04 Å². The Hall–Kier alpha value is -7.82. The van der Waals surface area contributed by atoms with Gasteiger partial charge in [0, 0.05) is 55.7 Å². The first-order valence-corrected chi connectivity index (χ1v) is 20.8. The van der Waals surface area contributed by atoms with E-state index in [4.69, 9.17) is 0 Å². The van der Waals surface area contributed by atoms with Crippen molar-refractivity contribution < 1.29 is 0 Å². The second-order valence-electron chi connectivity index (χ2n) is 15.7. The van der Waals surface area contributed by atoms with E-state index in [0.717, 1.165) is 34.9 Å². The summed E-state index contributed by atoms with van der Waals surface area (Å²) in [5.41, 5.74) is 15.6.